The van der Waals surface area contributed by atoms with E-state index in [1.807, 2.05) is 6.07 Å². The van der Waals surface area contributed by atoms with Gasteiger partial charge in [-0.15, -0.1) is 0 Å². The molecule has 0 saturated carbocycles. The first-order chi connectivity index (χ1) is 9.60. The van der Waals surface area contributed by atoms with Crippen molar-refractivity contribution in [2.45, 2.75) is 13.8 Å². The summed E-state index contributed by atoms with van der Waals surface area (Å²) in [5.41, 5.74) is 0.720. The molecular formula is C14H22BrN3O2. The SMILES string of the molecule is CCN(CC)CCNC(=O)Nc1ccc(OC)c(Br)c1. The lowest BCUT2D eigenvalue weighted by atomic mass is 10.3. The van der Waals surface area contributed by atoms with Crippen LogP contribution in [0, 0.1) is 0 Å². The van der Waals surface area contributed by atoms with Crippen molar-refractivity contribution in [2.75, 3.05) is 38.6 Å². The highest BCUT2D eigenvalue weighted by atomic mass is 79.9. The Kier molecular flexibility index (Phi) is 7.40. The monoisotopic (exact) mass is 343 g/mol. The summed E-state index contributed by atoms with van der Waals surface area (Å²) in [6.07, 6.45) is 0. The van der Waals surface area contributed by atoms with Crippen molar-refractivity contribution in [3.8, 4) is 5.75 Å². The van der Waals surface area contributed by atoms with Gasteiger partial charge in [-0.3, -0.25) is 0 Å². The number of nitrogens with zero attached hydrogens (tertiary/aromatic N) is 1. The minimum Gasteiger partial charge on any atom is -0.496 e. The number of anilines is 1. The number of carbonyl (C=O) groups is 1. The van der Waals surface area contributed by atoms with Gasteiger partial charge in [0.1, 0.15) is 5.75 Å². The fourth-order valence-corrected chi connectivity index (χ4v) is 2.33. The van der Waals surface area contributed by atoms with E-state index in [2.05, 4.69) is 45.3 Å². The van der Waals surface area contributed by atoms with Gasteiger partial charge in [-0.05, 0) is 47.2 Å². The summed E-state index contributed by atoms with van der Waals surface area (Å²) < 4.78 is 5.95. The summed E-state index contributed by atoms with van der Waals surface area (Å²) in [5, 5.41) is 5.63. The molecule has 1 aromatic carbocycles. The molecule has 2 N–H and O–H groups in total. The summed E-state index contributed by atoms with van der Waals surface area (Å²) in [7, 11) is 1.60. The third kappa shape index (κ3) is 5.38. The predicted molar refractivity (Wildman–Crippen MR) is 85.5 cm³/mol. The molecule has 0 aliphatic heterocycles. The van der Waals surface area contributed by atoms with E-state index in [-0.39, 0.29) is 6.03 Å². The fourth-order valence-electron chi connectivity index (χ4n) is 1.79. The van der Waals surface area contributed by atoms with Crippen LogP contribution in [-0.4, -0.2) is 44.2 Å². The highest BCUT2D eigenvalue weighted by molar-refractivity contribution is 9.10. The van der Waals surface area contributed by atoms with Gasteiger partial charge >= 0.3 is 6.03 Å². The van der Waals surface area contributed by atoms with Crippen LogP contribution >= 0.6 is 15.9 Å². The number of benzene rings is 1. The van der Waals surface area contributed by atoms with E-state index in [1.165, 1.54) is 0 Å². The molecule has 0 radical (unpaired) electrons. The standard InChI is InChI=1S/C14H22BrN3O2/c1-4-18(5-2)9-8-16-14(19)17-11-6-7-13(20-3)12(15)10-11/h6-7,10H,4-5,8-9H2,1-3H3,(H2,16,17,19). The number of amides is 2. The molecule has 0 aromatic heterocycles. The smallest absolute Gasteiger partial charge is 0.319 e. The van der Waals surface area contributed by atoms with Gasteiger partial charge in [0.2, 0.25) is 0 Å². The Morgan fingerprint density at radius 3 is 2.60 bits per heavy atom. The molecule has 112 valence electrons. The molecule has 20 heavy (non-hydrogen) atoms. The van der Waals surface area contributed by atoms with Crippen LogP contribution in [0.3, 0.4) is 0 Å². The maximum absolute atomic E-state index is 11.7. The average molecular weight is 344 g/mol. The quantitative estimate of drug-likeness (QED) is 0.800. The molecule has 0 heterocycles. The van der Waals surface area contributed by atoms with Crippen LogP contribution in [0.2, 0.25) is 0 Å². The predicted octanol–water partition coefficient (Wildman–Crippen LogP) is 2.92. The summed E-state index contributed by atoms with van der Waals surface area (Å²) in [5.74, 6) is 0.734. The number of likely N-dealkylation sites (N-methyl/N-ethyl adjacent to an activating group) is 1. The number of hydrogen-bond donors (Lipinski definition) is 2. The minimum absolute atomic E-state index is 0.200. The normalized spacial score (nSPS) is 10.4. The van der Waals surface area contributed by atoms with Gasteiger partial charge in [-0.25, -0.2) is 4.79 Å². The van der Waals surface area contributed by atoms with E-state index in [0.717, 1.165) is 35.5 Å². The molecule has 0 spiro atoms. The van der Waals surface area contributed by atoms with Crippen molar-refractivity contribution in [1.82, 2.24) is 10.2 Å². The second-order valence-corrected chi connectivity index (χ2v) is 5.11. The number of hydrogen-bond acceptors (Lipinski definition) is 3. The van der Waals surface area contributed by atoms with E-state index < -0.39 is 0 Å². The number of carbonyl (C=O) groups excluding carboxylic acids is 1. The van der Waals surface area contributed by atoms with Gasteiger partial charge in [0.25, 0.3) is 0 Å². The zero-order chi connectivity index (χ0) is 15.0. The van der Waals surface area contributed by atoms with Crippen molar-refractivity contribution in [3.63, 3.8) is 0 Å². The number of ether oxygens (including phenoxy) is 1. The van der Waals surface area contributed by atoms with Crippen LogP contribution in [-0.2, 0) is 0 Å². The van der Waals surface area contributed by atoms with Gasteiger partial charge in [-0.1, -0.05) is 13.8 Å². The lowest BCUT2D eigenvalue weighted by Crippen LogP contribution is -2.36. The maximum atomic E-state index is 11.7. The Morgan fingerprint density at radius 2 is 2.05 bits per heavy atom. The van der Waals surface area contributed by atoms with Gasteiger partial charge in [0.05, 0.1) is 11.6 Å². The second kappa shape index (κ2) is 8.81. The fraction of sp³-hybridized carbons (Fsp3) is 0.500. The van der Waals surface area contributed by atoms with Gasteiger partial charge in [0.15, 0.2) is 0 Å². The molecule has 1 aromatic rings. The van der Waals surface area contributed by atoms with Crippen molar-refractivity contribution in [1.29, 1.82) is 0 Å². The first-order valence-corrected chi connectivity index (χ1v) is 7.50. The van der Waals surface area contributed by atoms with E-state index in [1.54, 1.807) is 19.2 Å². The molecule has 1 rings (SSSR count). The summed E-state index contributed by atoms with van der Waals surface area (Å²) in [4.78, 5) is 14.0. The highest BCUT2D eigenvalue weighted by Crippen LogP contribution is 2.27. The van der Waals surface area contributed by atoms with E-state index in [9.17, 15) is 4.79 Å². The third-order valence-electron chi connectivity index (χ3n) is 3.02. The van der Waals surface area contributed by atoms with Crippen molar-refractivity contribution in [3.05, 3.63) is 22.7 Å². The second-order valence-electron chi connectivity index (χ2n) is 4.26. The van der Waals surface area contributed by atoms with Crippen LogP contribution in [0.15, 0.2) is 22.7 Å². The van der Waals surface area contributed by atoms with Crippen LogP contribution in [0.1, 0.15) is 13.8 Å². The van der Waals surface area contributed by atoms with E-state index in [4.69, 9.17) is 4.74 Å². The third-order valence-corrected chi connectivity index (χ3v) is 3.64. The Bertz CT molecular complexity index is 436. The largest absolute Gasteiger partial charge is 0.496 e. The number of urea groups is 1. The Morgan fingerprint density at radius 1 is 1.35 bits per heavy atom. The van der Waals surface area contributed by atoms with E-state index in [0.29, 0.717) is 6.54 Å². The van der Waals surface area contributed by atoms with Crippen molar-refractivity contribution < 1.29 is 9.53 Å². The minimum atomic E-state index is -0.200. The first kappa shape index (κ1) is 16.8. The first-order valence-electron chi connectivity index (χ1n) is 6.71. The van der Waals surface area contributed by atoms with Crippen LogP contribution in [0.25, 0.3) is 0 Å². The molecule has 6 heteroatoms. The van der Waals surface area contributed by atoms with Crippen LogP contribution in [0.5, 0.6) is 5.75 Å². The molecule has 0 aliphatic carbocycles. The van der Waals surface area contributed by atoms with Gasteiger partial charge < -0.3 is 20.3 Å². The van der Waals surface area contributed by atoms with Crippen LogP contribution in [0.4, 0.5) is 10.5 Å². The molecule has 0 unspecified atom stereocenters. The lowest BCUT2D eigenvalue weighted by molar-refractivity contribution is 0.248. The Hall–Kier alpha value is -1.27. The topological polar surface area (TPSA) is 53.6 Å². The zero-order valence-corrected chi connectivity index (χ0v) is 13.8. The molecule has 0 aliphatic rings. The lowest BCUT2D eigenvalue weighted by Gasteiger charge is -2.18. The molecule has 2 amide bonds. The van der Waals surface area contributed by atoms with Gasteiger partial charge in [-0.2, -0.15) is 0 Å². The highest BCUT2D eigenvalue weighted by Gasteiger charge is 2.05. The number of nitrogens with one attached hydrogen (secondary N) is 2. The number of methoxy groups -OCH3 is 1. The summed E-state index contributed by atoms with van der Waals surface area (Å²) in [6.45, 7) is 7.69. The molecule has 0 fully saturated rings. The number of rotatable bonds is 7. The molecule has 5 nitrogen and oxygen atoms in total. The molecule has 0 bridgehead atoms. The van der Waals surface area contributed by atoms with Crippen LogP contribution < -0.4 is 15.4 Å². The Labute approximate surface area is 128 Å². The Balaban J connectivity index is 2.40. The van der Waals surface area contributed by atoms with Gasteiger partial charge in [0, 0.05) is 18.8 Å². The summed E-state index contributed by atoms with van der Waals surface area (Å²) >= 11 is 3.38. The summed E-state index contributed by atoms with van der Waals surface area (Å²) in [6, 6.07) is 5.21. The van der Waals surface area contributed by atoms with E-state index >= 15 is 0 Å². The zero-order valence-electron chi connectivity index (χ0n) is 12.2. The molecular weight excluding hydrogens is 322 g/mol. The van der Waals surface area contributed by atoms with Crippen molar-refractivity contribution >= 4 is 27.6 Å². The van der Waals surface area contributed by atoms with Crippen molar-refractivity contribution in [2.24, 2.45) is 0 Å². The number of halogens is 1. The molecule has 0 saturated heterocycles. The average Bonchev–Trinajstić information content (AvgIpc) is 2.44. The maximum Gasteiger partial charge on any atom is 0.319 e. The molecule has 0 atom stereocenters.